The molecule has 0 unspecified atom stereocenters. The zero-order valence-electron chi connectivity index (χ0n) is 14.5. The third-order valence-electron chi connectivity index (χ3n) is 3.77. The van der Waals surface area contributed by atoms with Gasteiger partial charge in [-0.2, -0.15) is 0 Å². The van der Waals surface area contributed by atoms with Crippen molar-refractivity contribution in [2.24, 2.45) is 5.41 Å². The second-order valence-electron chi connectivity index (χ2n) is 6.72. The molecule has 128 valence electrons. The van der Waals surface area contributed by atoms with Crippen LogP contribution in [0.3, 0.4) is 0 Å². The van der Waals surface area contributed by atoms with Crippen LogP contribution in [-0.4, -0.2) is 19.8 Å². The third kappa shape index (κ3) is 4.13. The Bertz CT molecular complexity index is 694. The minimum absolute atomic E-state index is 0.00933. The predicted octanol–water partition coefficient (Wildman–Crippen LogP) is 4.46. The fourth-order valence-corrected chi connectivity index (χ4v) is 2.45. The van der Waals surface area contributed by atoms with Gasteiger partial charge in [-0.05, 0) is 36.8 Å². The third-order valence-corrected chi connectivity index (χ3v) is 3.77. The Morgan fingerprint density at radius 3 is 2.38 bits per heavy atom. The Balaban J connectivity index is 1.67. The summed E-state index contributed by atoms with van der Waals surface area (Å²) in [7, 11) is 0. The van der Waals surface area contributed by atoms with E-state index >= 15 is 0 Å². The van der Waals surface area contributed by atoms with Gasteiger partial charge in [-0.3, -0.25) is 0 Å². The molecule has 1 aliphatic heterocycles. The van der Waals surface area contributed by atoms with Crippen molar-refractivity contribution in [3.63, 3.8) is 0 Å². The quantitative estimate of drug-likeness (QED) is 0.812. The Morgan fingerprint density at radius 1 is 0.917 bits per heavy atom. The second kappa shape index (κ2) is 7.04. The van der Waals surface area contributed by atoms with Crippen LogP contribution >= 0.6 is 0 Å². The van der Waals surface area contributed by atoms with Crippen LogP contribution in [0.1, 0.15) is 26.3 Å². The molecule has 4 nitrogen and oxygen atoms in total. The molecule has 1 heterocycles. The summed E-state index contributed by atoms with van der Waals surface area (Å²) >= 11 is 0. The van der Waals surface area contributed by atoms with Gasteiger partial charge in [0.15, 0.2) is 11.5 Å². The molecule has 0 saturated heterocycles. The fraction of sp³-hybridized carbons (Fsp3) is 0.400. The Morgan fingerprint density at radius 2 is 1.62 bits per heavy atom. The summed E-state index contributed by atoms with van der Waals surface area (Å²) < 4.78 is 23.1. The highest BCUT2D eigenvalue weighted by Gasteiger charge is 2.25. The number of fused-ring (bicyclic) bond motifs is 1. The number of ether oxygens (including phenoxy) is 4. The monoisotopic (exact) mass is 328 g/mol. The van der Waals surface area contributed by atoms with E-state index in [2.05, 4.69) is 13.8 Å². The SMILES string of the molecule is CCOc1cccc(OCc2ccc3c(c2)OCC(C)(C)CO3)c1. The van der Waals surface area contributed by atoms with Gasteiger partial charge in [-0.15, -0.1) is 0 Å². The van der Waals surface area contributed by atoms with Crippen molar-refractivity contribution in [3.05, 3.63) is 48.0 Å². The molecular formula is C20H24O4. The highest BCUT2D eigenvalue weighted by atomic mass is 16.5. The number of rotatable bonds is 5. The van der Waals surface area contributed by atoms with Crippen molar-refractivity contribution in [2.75, 3.05) is 19.8 Å². The van der Waals surface area contributed by atoms with Crippen LogP contribution < -0.4 is 18.9 Å². The highest BCUT2D eigenvalue weighted by molar-refractivity contribution is 5.43. The van der Waals surface area contributed by atoms with Crippen LogP contribution in [0.2, 0.25) is 0 Å². The fourth-order valence-electron chi connectivity index (χ4n) is 2.45. The van der Waals surface area contributed by atoms with E-state index in [0.717, 1.165) is 28.6 Å². The Labute approximate surface area is 143 Å². The van der Waals surface area contributed by atoms with Crippen LogP contribution in [0, 0.1) is 5.41 Å². The molecule has 0 spiro atoms. The van der Waals surface area contributed by atoms with Gasteiger partial charge in [0.25, 0.3) is 0 Å². The normalized spacial score (nSPS) is 15.5. The van der Waals surface area contributed by atoms with Gasteiger partial charge >= 0.3 is 0 Å². The molecule has 0 bridgehead atoms. The smallest absolute Gasteiger partial charge is 0.161 e. The van der Waals surface area contributed by atoms with Gasteiger partial charge in [-0.1, -0.05) is 26.0 Å². The first-order valence-electron chi connectivity index (χ1n) is 8.30. The highest BCUT2D eigenvalue weighted by Crippen LogP contribution is 2.34. The van der Waals surface area contributed by atoms with Crippen molar-refractivity contribution in [2.45, 2.75) is 27.4 Å². The van der Waals surface area contributed by atoms with Crippen molar-refractivity contribution < 1.29 is 18.9 Å². The van der Waals surface area contributed by atoms with E-state index in [9.17, 15) is 0 Å². The number of hydrogen-bond acceptors (Lipinski definition) is 4. The van der Waals surface area contributed by atoms with Crippen LogP contribution in [0.4, 0.5) is 0 Å². The summed E-state index contributed by atoms with van der Waals surface area (Å²) in [5.74, 6) is 3.18. The van der Waals surface area contributed by atoms with Crippen LogP contribution in [-0.2, 0) is 6.61 Å². The predicted molar refractivity (Wildman–Crippen MR) is 93.2 cm³/mol. The van der Waals surface area contributed by atoms with Gasteiger partial charge in [-0.25, -0.2) is 0 Å². The van der Waals surface area contributed by atoms with E-state index in [4.69, 9.17) is 18.9 Å². The maximum atomic E-state index is 5.91. The summed E-state index contributed by atoms with van der Waals surface area (Å²) in [5, 5.41) is 0. The van der Waals surface area contributed by atoms with E-state index in [1.165, 1.54) is 0 Å². The molecule has 0 amide bonds. The van der Waals surface area contributed by atoms with E-state index in [1.807, 2.05) is 49.4 Å². The van der Waals surface area contributed by atoms with Gasteiger partial charge in [0.1, 0.15) is 18.1 Å². The zero-order chi connectivity index (χ0) is 17.0. The van der Waals surface area contributed by atoms with Crippen LogP contribution in [0.15, 0.2) is 42.5 Å². The molecule has 2 aromatic rings. The van der Waals surface area contributed by atoms with Gasteiger partial charge in [0.2, 0.25) is 0 Å². The summed E-state index contributed by atoms with van der Waals surface area (Å²) in [6.07, 6.45) is 0. The van der Waals surface area contributed by atoms with Crippen LogP contribution in [0.25, 0.3) is 0 Å². The molecule has 0 radical (unpaired) electrons. The maximum absolute atomic E-state index is 5.91. The molecule has 0 aliphatic carbocycles. The molecule has 0 saturated carbocycles. The lowest BCUT2D eigenvalue weighted by molar-refractivity contribution is 0.140. The Hall–Kier alpha value is -2.36. The molecule has 2 aromatic carbocycles. The van der Waals surface area contributed by atoms with Crippen molar-refractivity contribution in [1.82, 2.24) is 0 Å². The lowest BCUT2D eigenvalue weighted by Crippen LogP contribution is -2.26. The molecule has 0 aromatic heterocycles. The molecule has 0 fully saturated rings. The summed E-state index contributed by atoms with van der Waals surface area (Å²) in [5.41, 5.74) is 1.05. The zero-order valence-corrected chi connectivity index (χ0v) is 14.5. The summed E-state index contributed by atoms with van der Waals surface area (Å²) in [6, 6.07) is 13.6. The molecule has 0 atom stereocenters. The van der Waals surface area contributed by atoms with E-state index in [-0.39, 0.29) is 5.41 Å². The first-order chi connectivity index (χ1) is 11.6. The van der Waals surface area contributed by atoms with Crippen molar-refractivity contribution in [3.8, 4) is 23.0 Å². The van der Waals surface area contributed by atoms with Crippen molar-refractivity contribution >= 4 is 0 Å². The second-order valence-corrected chi connectivity index (χ2v) is 6.72. The topological polar surface area (TPSA) is 36.9 Å². The minimum atomic E-state index is 0.00933. The Kier molecular flexibility index (Phi) is 4.84. The lowest BCUT2D eigenvalue weighted by atomic mass is 9.97. The molecule has 3 rings (SSSR count). The first-order valence-corrected chi connectivity index (χ1v) is 8.30. The standard InChI is InChI=1S/C20H24O4/c1-4-21-16-6-5-7-17(11-16)22-12-15-8-9-18-19(10-15)24-14-20(2,3)13-23-18/h5-11H,4,12-14H2,1-3H3. The molecule has 4 heteroatoms. The molecule has 24 heavy (non-hydrogen) atoms. The number of benzene rings is 2. The largest absolute Gasteiger partial charge is 0.494 e. The average molecular weight is 328 g/mol. The maximum Gasteiger partial charge on any atom is 0.161 e. The molecule has 1 aliphatic rings. The van der Waals surface area contributed by atoms with Crippen LogP contribution in [0.5, 0.6) is 23.0 Å². The average Bonchev–Trinajstić information content (AvgIpc) is 2.72. The molecule has 0 N–H and O–H groups in total. The first kappa shape index (κ1) is 16.5. The lowest BCUT2D eigenvalue weighted by Gasteiger charge is -2.19. The summed E-state index contributed by atoms with van der Waals surface area (Å²) in [6.45, 7) is 8.63. The number of hydrogen-bond donors (Lipinski definition) is 0. The minimum Gasteiger partial charge on any atom is -0.494 e. The van der Waals surface area contributed by atoms with Gasteiger partial charge < -0.3 is 18.9 Å². The summed E-state index contributed by atoms with van der Waals surface area (Å²) in [4.78, 5) is 0. The van der Waals surface area contributed by atoms with Gasteiger partial charge in [0, 0.05) is 11.5 Å². The van der Waals surface area contributed by atoms with E-state index in [0.29, 0.717) is 26.4 Å². The van der Waals surface area contributed by atoms with E-state index < -0.39 is 0 Å². The van der Waals surface area contributed by atoms with Gasteiger partial charge in [0.05, 0.1) is 19.8 Å². The van der Waals surface area contributed by atoms with Crippen molar-refractivity contribution in [1.29, 1.82) is 0 Å². The van der Waals surface area contributed by atoms with E-state index in [1.54, 1.807) is 0 Å². The molecular weight excluding hydrogens is 304 g/mol.